The minimum Gasteiger partial charge on any atom is -0.378 e. The summed E-state index contributed by atoms with van der Waals surface area (Å²) in [6.45, 7) is 3.75. The van der Waals surface area contributed by atoms with Gasteiger partial charge in [-0.25, -0.2) is 0 Å². The summed E-state index contributed by atoms with van der Waals surface area (Å²) in [6, 6.07) is 1.17. The van der Waals surface area contributed by atoms with Crippen LogP contribution in [0.15, 0.2) is 0 Å². The van der Waals surface area contributed by atoms with E-state index in [9.17, 15) is 0 Å². The molecule has 0 aromatic rings. The van der Waals surface area contributed by atoms with Crippen molar-refractivity contribution < 1.29 is 4.74 Å². The molecule has 2 heterocycles. The van der Waals surface area contributed by atoms with Gasteiger partial charge in [-0.2, -0.15) is 0 Å². The van der Waals surface area contributed by atoms with Gasteiger partial charge in [0.15, 0.2) is 0 Å². The quantitative estimate of drug-likeness (QED) is 0.572. The van der Waals surface area contributed by atoms with Crippen molar-refractivity contribution in [2.24, 2.45) is 5.73 Å². The molecule has 0 aliphatic carbocycles. The standard InChI is InChI=1S/C8H16N2O/c9-4-8-6-11-5-7-2-1-3-10(7)8/h7-8H,1-6,9H2. The summed E-state index contributed by atoms with van der Waals surface area (Å²) in [5, 5.41) is 0. The normalized spacial score (nSPS) is 39.0. The Morgan fingerprint density at radius 3 is 3.18 bits per heavy atom. The molecule has 0 aromatic carbocycles. The molecule has 0 amide bonds. The summed E-state index contributed by atoms with van der Waals surface area (Å²) in [7, 11) is 0. The summed E-state index contributed by atoms with van der Waals surface area (Å²) in [4.78, 5) is 2.52. The molecule has 2 saturated heterocycles. The SMILES string of the molecule is NCC1COCC2CCCN12. The third kappa shape index (κ3) is 1.28. The second-order valence-corrected chi connectivity index (χ2v) is 3.46. The van der Waals surface area contributed by atoms with E-state index in [0.29, 0.717) is 12.1 Å². The number of rotatable bonds is 1. The van der Waals surface area contributed by atoms with E-state index in [2.05, 4.69) is 4.90 Å². The van der Waals surface area contributed by atoms with Crippen molar-refractivity contribution in [2.75, 3.05) is 26.3 Å². The van der Waals surface area contributed by atoms with Crippen molar-refractivity contribution in [3.8, 4) is 0 Å². The Balaban J connectivity index is 2.00. The highest BCUT2D eigenvalue weighted by atomic mass is 16.5. The first-order valence-electron chi connectivity index (χ1n) is 4.45. The van der Waals surface area contributed by atoms with Crippen LogP contribution < -0.4 is 5.73 Å². The maximum Gasteiger partial charge on any atom is 0.0635 e. The van der Waals surface area contributed by atoms with E-state index < -0.39 is 0 Å². The summed E-state index contributed by atoms with van der Waals surface area (Å²) >= 11 is 0. The molecule has 0 aromatic heterocycles. The maximum absolute atomic E-state index is 5.64. The fourth-order valence-corrected chi connectivity index (χ4v) is 2.16. The fourth-order valence-electron chi connectivity index (χ4n) is 2.16. The number of hydrogen-bond donors (Lipinski definition) is 1. The molecule has 11 heavy (non-hydrogen) atoms. The summed E-state index contributed by atoms with van der Waals surface area (Å²) in [5.74, 6) is 0. The molecule has 2 unspecified atom stereocenters. The van der Waals surface area contributed by atoms with Gasteiger partial charge < -0.3 is 10.5 Å². The van der Waals surface area contributed by atoms with Gasteiger partial charge in [0.05, 0.1) is 13.2 Å². The molecule has 2 N–H and O–H groups in total. The van der Waals surface area contributed by atoms with Crippen LogP contribution in [0.5, 0.6) is 0 Å². The largest absolute Gasteiger partial charge is 0.378 e. The van der Waals surface area contributed by atoms with Crippen molar-refractivity contribution in [1.82, 2.24) is 4.90 Å². The Kier molecular flexibility index (Phi) is 2.11. The highest BCUT2D eigenvalue weighted by Crippen LogP contribution is 2.23. The van der Waals surface area contributed by atoms with Crippen LogP contribution in [0.1, 0.15) is 12.8 Å². The molecule has 3 heteroatoms. The minimum absolute atomic E-state index is 0.497. The number of nitrogens with two attached hydrogens (primary N) is 1. The number of hydrogen-bond acceptors (Lipinski definition) is 3. The van der Waals surface area contributed by atoms with Crippen LogP contribution in [0.3, 0.4) is 0 Å². The number of nitrogens with zero attached hydrogens (tertiary/aromatic N) is 1. The molecule has 0 bridgehead atoms. The van der Waals surface area contributed by atoms with Crippen LogP contribution >= 0.6 is 0 Å². The topological polar surface area (TPSA) is 38.5 Å². The third-order valence-corrected chi connectivity index (χ3v) is 2.78. The van der Waals surface area contributed by atoms with Gasteiger partial charge in [0.25, 0.3) is 0 Å². The smallest absolute Gasteiger partial charge is 0.0635 e. The molecule has 2 aliphatic heterocycles. The zero-order valence-corrected chi connectivity index (χ0v) is 6.83. The Hall–Kier alpha value is -0.120. The Morgan fingerprint density at radius 2 is 2.36 bits per heavy atom. The van der Waals surface area contributed by atoms with Crippen molar-refractivity contribution in [3.05, 3.63) is 0 Å². The maximum atomic E-state index is 5.64. The second-order valence-electron chi connectivity index (χ2n) is 3.46. The zero-order chi connectivity index (χ0) is 7.68. The van der Waals surface area contributed by atoms with Crippen LogP contribution in [-0.2, 0) is 4.74 Å². The van der Waals surface area contributed by atoms with Gasteiger partial charge in [0.2, 0.25) is 0 Å². The highest BCUT2D eigenvalue weighted by Gasteiger charge is 2.33. The lowest BCUT2D eigenvalue weighted by atomic mass is 10.1. The molecule has 2 rings (SSSR count). The molecule has 2 atom stereocenters. The number of fused-ring (bicyclic) bond motifs is 1. The van der Waals surface area contributed by atoms with Crippen LogP contribution in [0.2, 0.25) is 0 Å². The minimum atomic E-state index is 0.497. The Bertz CT molecular complexity index is 140. The van der Waals surface area contributed by atoms with Crippen molar-refractivity contribution in [1.29, 1.82) is 0 Å². The first-order chi connectivity index (χ1) is 5.42. The molecule has 0 radical (unpaired) electrons. The predicted octanol–water partition coefficient (Wildman–Crippen LogP) is -0.192. The highest BCUT2D eigenvalue weighted by molar-refractivity contribution is 4.88. The number of morpholine rings is 1. The average Bonchev–Trinajstić information content (AvgIpc) is 2.50. The third-order valence-electron chi connectivity index (χ3n) is 2.78. The molecule has 0 spiro atoms. The van der Waals surface area contributed by atoms with Gasteiger partial charge in [-0.05, 0) is 19.4 Å². The molecule has 2 fully saturated rings. The first-order valence-corrected chi connectivity index (χ1v) is 4.45. The Labute approximate surface area is 67.5 Å². The molecule has 2 aliphatic rings. The van der Waals surface area contributed by atoms with Crippen LogP contribution in [0.25, 0.3) is 0 Å². The van der Waals surface area contributed by atoms with Crippen LogP contribution in [-0.4, -0.2) is 43.3 Å². The fraction of sp³-hybridized carbons (Fsp3) is 1.00. The van der Waals surface area contributed by atoms with E-state index in [0.717, 1.165) is 19.8 Å². The van der Waals surface area contributed by atoms with Crippen molar-refractivity contribution in [3.63, 3.8) is 0 Å². The van der Waals surface area contributed by atoms with E-state index in [1.807, 2.05) is 0 Å². The number of ether oxygens (including phenoxy) is 1. The lowest BCUT2D eigenvalue weighted by Gasteiger charge is -2.36. The van der Waals surface area contributed by atoms with Gasteiger partial charge in [-0.1, -0.05) is 0 Å². The molecular weight excluding hydrogens is 140 g/mol. The van der Waals surface area contributed by atoms with E-state index in [4.69, 9.17) is 10.5 Å². The lowest BCUT2D eigenvalue weighted by molar-refractivity contribution is -0.0264. The van der Waals surface area contributed by atoms with E-state index >= 15 is 0 Å². The van der Waals surface area contributed by atoms with E-state index in [1.54, 1.807) is 0 Å². The molecular formula is C8H16N2O. The van der Waals surface area contributed by atoms with Crippen molar-refractivity contribution in [2.45, 2.75) is 24.9 Å². The molecule has 64 valence electrons. The zero-order valence-electron chi connectivity index (χ0n) is 6.83. The second kappa shape index (κ2) is 3.09. The van der Waals surface area contributed by atoms with Crippen LogP contribution in [0.4, 0.5) is 0 Å². The Morgan fingerprint density at radius 1 is 1.45 bits per heavy atom. The van der Waals surface area contributed by atoms with Gasteiger partial charge in [-0.3, -0.25) is 4.90 Å². The van der Waals surface area contributed by atoms with Gasteiger partial charge in [-0.15, -0.1) is 0 Å². The summed E-state index contributed by atoms with van der Waals surface area (Å²) in [6.07, 6.45) is 2.63. The molecule has 3 nitrogen and oxygen atoms in total. The monoisotopic (exact) mass is 156 g/mol. The summed E-state index contributed by atoms with van der Waals surface area (Å²) in [5.41, 5.74) is 5.64. The van der Waals surface area contributed by atoms with Gasteiger partial charge in [0, 0.05) is 18.6 Å². The van der Waals surface area contributed by atoms with E-state index in [-0.39, 0.29) is 0 Å². The summed E-state index contributed by atoms with van der Waals surface area (Å²) < 4.78 is 5.47. The van der Waals surface area contributed by atoms with Crippen LogP contribution in [0, 0.1) is 0 Å². The first kappa shape index (κ1) is 7.53. The molecule has 0 saturated carbocycles. The average molecular weight is 156 g/mol. The lowest BCUT2D eigenvalue weighted by Crippen LogP contribution is -2.51. The van der Waals surface area contributed by atoms with Gasteiger partial charge >= 0.3 is 0 Å². The van der Waals surface area contributed by atoms with Crippen molar-refractivity contribution >= 4 is 0 Å². The van der Waals surface area contributed by atoms with E-state index in [1.165, 1.54) is 19.4 Å². The van der Waals surface area contributed by atoms with Gasteiger partial charge in [0.1, 0.15) is 0 Å². The predicted molar refractivity (Wildman–Crippen MR) is 43.4 cm³/mol.